The molecule has 0 unspecified atom stereocenters. The second kappa shape index (κ2) is 7.05. The van der Waals surface area contributed by atoms with Gasteiger partial charge in [0.1, 0.15) is 0 Å². The van der Waals surface area contributed by atoms with E-state index in [2.05, 4.69) is 70.2 Å². The van der Waals surface area contributed by atoms with Gasteiger partial charge in [-0.15, -0.1) is 11.3 Å². The molecule has 1 N–H and O–H groups in total. The molecule has 1 aromatic heterocycles. The number of thiazole rings is 1. The molecule has 1 saturated heterocycles. The van der Waals surface area contributed by atoms with Gasteiger partial charge in [0.05, 0.1) is 5.69 Å². The number of hydrogen-bond acceptors (Lipinski definition) is 4. The molecule has 0 bridgehead atoms. The van der Waals surface area contributed by atoms with E-state index in [1.54, 1.807) is 11.3 Å². The van der Waals surface area contributed by atoms with E-state index >= 15 is 0 Å². The van der Waals surface area contributed by atoms with Gasteiger partial charge in [-0.2, -0.15) is 0 Å². The van der Waals surface area contributed by atoms with Crippen LogP contribution in [0.3, 0.4) is 0 Å². The highest BCUT2D eigenvalue weighted by Gasteiger charge is 2.21. The number of piperidine rings is 1. The maximum absolute atomic E-state index is 4.84. The van der Waals surface area contributed by atoms with Gasteiger partial charge in [0.25, 0.3) is 0 Å². The van der Waals surface area contributed by atoms with Crippen LogP contribution in [-0.4, -0.2) is 24.1 Å². The first-order valence-corrected chi connectivity index (χ1v) is 9.34. The van der Waals surface area contributed by atoms with Crippen LogP contribution >= 0.6 is 11.3 Å². The molecule has 0 amide bonds. The maximum atomic E-state index is 4.84. The minimum Gasteiger partial charge on any atom is -0.382 e. The Hall–Kier alpha value is -2.33. The van der Waals surface area contributed by atoms with E-state index in [0.29, 0.717) is 6.04 Å². The van der Waals surface area contributed by atoms with Crippen LogP contribution in [0.25, 0.3) is 11.3 Å². The van der Waals surface area contributed by atoms with Crippen LogP contribution in [-0.2, 0) is 0 Å². The monoisotopic (exact) mass is 335 g/mol. The van der Waals surface area contributed by atoms with Crippen molar-refractivity contribution in [3.05, 3.63) is 66.0 Å². The van der Waals surface area contributed by atoms with Gasteiger partial charge in [0.2, 0.25) is 0 Å². The van der Waals surface area contributed by atoms with E-state index in [0.717, 1.165) is 36.8 Å². The van der Waals surface area contributed by atoms with Crippen molar-refractivity contribution in [1.82, 2.24) is 4.98 Å². The van der Waals surface area contributed by atoms with Crippen LogP contribution in [0.1, 0.15) is 12.8 Å². The largest absolute Gasteiger partial charge is 0.382 e. The topological polar surface area (TPSA) is 28.2 Å². The minimum absolute atomic E-state index is 0.553. The summed E-state index contributed by atoms with van der Waals surface area (Å²) in [6.07, 6.45) is 2.30. The quantitative estimate of drug-likeness (QED) is 0.736. The van der Waals surface area contributed by atoms with Crippen LogP contribution in [0.15, 0.2) is 66.0 Å². The summed E-state index contributed by atoms with van der Waals surface area (Å²) in [7, 11) is 0. The molecule has 0 radical (unpaired) electrons. The fourth-order valence-corrected chi connectivity index (χ4v) is 4.02. The van der Waals surface area contributed by atoms with Crippen molar-refractivity contribution in [1.29, 1.82) is 0 Å². The fourth-order valence-electron chi connectivity index (χ4n) is 3.14. The van der Waals surface area contributed by atoms with Crippen molar-refractivity contribution in [2.45, 2.75) is 18.9 Å². The summed E-state index contributed by atoms with van der Waals surface area (Å²) in [5, 5.41) is 6.95. The third-order valence-corrected chi connectivity index (χ3v) is 5.37. The molecule has 0 aliphatic carbocycles. The number of benzene rings is 2. The van der Waals surface area contributed by atoms with Gasteiger partial charge >= 0.3 is 0 Å². The average Bonchev–Trinajstić information content (AvgIpc) is 3.14. The lowest BCUT2D eigenvalue weighted by molar-refractivity contribution is 0.526. The van der Waals surface area contributed by atoms with E-state index in [4.69, 9.17) is 4.98 Å². The Morgan fingerprint density at radius 2 is 1.58 bits per heavy atom. The Morgan fingerprint density at radius 3 is 2.29 bits per heavy atom. The SMILES string of the molecule is c1ccc(NC2CCN(c3nc(-c4ccccc4)cs3)CC2)cc1. The number of para-hydroxylation sites is 1. The molecule has 0 atom stereocenters. The smallest absolute Gasteiger partial charge is 0.185 e. The van der Waals surface area contributed by atoms with Crippen molar-refractivity contribution >= 4 is 22.2 Å². The summed E-state index contributed by atoms with van der Waals surface area (Å²) in [5.74, 6) is 0. The molecule has 1 fully saturated rings. The molecule has 4 rings (SSSR count). The zero-order valence-electron chi connectivity index (χ0n) is 13.6. The molecule has 0 saturated carbocycles. The predicted octanol–water partition coefficient (Wildman–Crippen LogP) is 4.89. The van der Waals surface area contributed by atoms with Gasteiger partial charge in [0, 0.05) is 35.8 Å². The summed E-state index contributed by atoms with van der Waals surface area (Å²) in [5.41, 5.74) is 3.50. The normalized spacial score (nSPS) is 15.4. The van der Waals surface area contributed by atoms with Gasteiger partial charge in [-0.1, -0.05) is 48.5 Å². The van der Waals surface area contributed by atoms with E-state index in [9.17, 15) is 0 Å². The standard InChI is InChI=1S/C20H21N3S/c1-3-7-16(8-4-1)19-15-24-20(22-19)23-13-11-18(12-14-23)21-17-9-5-2-6-10-17/h1-10,15,18,21H,11-14H2. The molecule has 3 nitrogen and oxygen atoms in total. The number of nitrogens with zero attached hydrogens (tertiary/aromatic N) is 2. The Labute approximate surface area is 147 Å². The second-order valence-corrected chi connectivity index (χ2v) is 6.99. The Kier molecular flexibility index (Phi) is 4.47. The minimum atomic E-state index is 0.553. The van der Waals surface area contributed by atoms with Crippen molar-refractivity contribution in [2.75, 3.05) is 23.3 Å². The number of hydrogen-bond donors (Lipinski definition) is 1. The molecule has 1 aliphatic heterocycles. The molecule has 4 heteroatoms. The first kappa shape index (κ1) is 15.2. The van der Waals surface area contributed by atoms with Crippen molar-refractivity contribution in [3.8, 4) is 11.3 Å². The molecular weight excluding hydrogens is 314 g/mol. The molecule has 24 heavy (non-hydrogen) atoms. The maximum Gasteiger partial charge on any atom is 0.185 e. The third kappa shape index (κ3) is 3.44. The van der Waals surface area contributed by atoms with E-state index in [1.165, 1.54) is 11.3 Å². The molecule has 1 aliphatic rings. The van der Waals surface area contributed by atoms with Gasteiger partial charge < -0.3 is 10.2 Å². The zero-order valence-corrected chi connectivity index (χ0v) is 14.4. The first-order chi connectivity index (χ1) is 11.9. The Balaban J connectivity index is 1.37. The van der Waals surface area contributed by atoms with Crippen molar-refractivity contribution in [2.24, 2.45) is 0 Å². The fraction of sp³-hybridized carbons (Fsp3) is 0.250. The highest BCUT2D eigenvalue weighted by Crippen LogP contribution is 2.29. The van der Waals surface area contributed by atoms with Crippen LogP contribution in [0.5, 0.6) is 0 Å². The molecule has 2 aromatic carbocycles. The molecule has 2 heterocycles. The second-order valence-electron chi connectivity index (χ2n) is 6.15. The third-order valence-electron chi connectivity index (χ3n) is 4.47. The summed E-state index contributed by atoms with van der Waals surface area (Å²) in [6, 6.07) is 21.5. The van der Waals surface area contributed by atoms with Gasteiger partial charge in [-0.25, -0.2) is 4.98 Å². The van der Waals surface area contributed by atoms with E-state index < -0.39 is 0 Å². The van der Waals surface area contributed by atoms with E-state index in [-0.39, 0.29) is 0 Å². The molecular formula is C20H21N3S. The summed E-state index contributed by atoms with van der Waals surface area (Å²) < 4.78 is 0. The summed E-state index contributed by atoms with van der Waals surface area (Å²) in [4.78, 5) is 7.25. The number of aromatic nitrogens is 1. The predicted molar refractivity (Wildman–Crippen MR) is 103 cm³/mol. The van der Waals surface area contributed by atoms with E-state index in [1.807, 2.05) is 6.07 Å². The lowest BCUT2D eigenvalue weighted by Gasteiger charge is -2.32. The molecule has 3 aromatic rings. The van der Waals surface area contributed by atoms with Crippen molar-refractivity contribution < 1.29 is 0 Å². The first-order valence-electron chi connectivity index (χ1n) is 8.46. The molecule has 122 valence electrons. The van der Waals surface area contributed by atoms with Crippen LogP contribution < -0.4 is 10.2 Å². The van der Waals surface area contributed by atoms with Crippen LogP contribution in [0.4, 0.5) is 10.8 Å². The Morgan fingerprint density at radius 1 is 0.917 bits per heavy atom. The van der Waals surface area contributed by atoms with Gasteiger partial charge in [0.15, 0.2) is 5.13 Å². The van der Waals surface area contributed by atoms with Crippen molar-refractivity contribution in [3.63, 3.8) is 0 Å². The Bertz CT molecular complexity index is 762. The lowest BCUT2D eigenvalue weighted by Crippen LogP contribution is -2.39. The summed E-state index contributed by atoms with van der Waals surface area (Å²) >= 11 is 1.75. The highest BCUT2D eigenvalue weighted by atomic mass is 32.1. The van der Waals surface area contributed by atoms with Gasteiger partial charge in [-0.05, 0) is 25.0 Å². The van der Waals surface area contributed by atoms with Crippen LogP contribution in [0.2, 0.25) is 0 Å². The number of anilines is 2. The lowest BCUT2D eigenvalue weighted by atomic mass is 10.1. The number of nitrogens with one attached hydrogen (secondary N) is 1. The molecule has 0 spiro atoms. The zero-order chi connectivity index (χ0) is 16.2. The number of rotatable bonds is 4. The average molecular weight is 335 g/mol. The van der Waals surface area contributed by atoms with Crippen LogP contribution in [0, 0.1) is 0 Å². The highest BCUT2D eigenvalue weighted by molar-refractivity contribution is 7.14. The van der Waals surface area contributed by atoms with Gasteiger partial charge in [-0.3, -0.25) is 0 Å². The summed E-state index contributed by atoms with van der Waals surface area (Å²) in [6.45, 7) is 2.12.